The Balaban J connectivity index is 1.24. The molecule has 0 fully saturated rings. The molecule has 0 atom stereocenters. The van der Waals surface area contributed by atoms with Gasteiger partial charge in [-0.25, -0.2) is 4.98 Å². The van der Waals surface area contributed by atoms with Crippen molar-refractivity contribution in [2.75, 3.05) is 0 Å². The van der Waals surface area contributed by atoms with E-state index < -0.39 is 0 Å². The highest BCUT2D eigenvalue weighted by Gasteiger charge is 2.37. The van der Waals surface area contributed by atoms with Crippen LogP contribution in [0.3, 0.4) is 0 Å². The lowest BCUT2D eigenvalue weighted by atomic mass is 9.82. The van der Waals surface area contributed by atoms with Crippen LogP contribution in [0.1, 0.15) is 36.1 Å². The minimum absolute atomic E-state index is 0.0448. The molecule has 0 spiro atoms. The molecule has 3 aromatic heterocycles. The summed E-state index contributed by atoms with van der Waals surface area (Å²) >= 11 is 0. The molecule has 0 aliphatic heterocycles. The first-order valence-corrected chi connectivity index (χ1v) is 14.8. The lowest BCUT2D eigenvalue weighted by Crippen LogP contribution is -2.14. The summed E-state index contributed by atoms with van der Waals surface area (Å²) in [6.07, 6.45) is 3.91. The molecule has 42 heavy (non-hydrogen) atoms. The van der Waals surface area contributed by atoms with E-state index in [1.807, 2.05) is 12.3 Å². The second kappa shape index (κ2) is 8.50. The molecular weight excluding hydrogens is 510 g/mol. The Hall–Kier alpha value is -5.02. The third kappa shape index (κ3) is 3.16. The van der Waals surface area contributed by atoms with E-state index in [4.69, 9.17) is 9.97 Å². The van der Waals surface area contributed by atoms with Crippen LogP contribution >= 0.6 is 0 Å². The van der Waals surface area contributed by atoms with E-state index in [1.165, 1.54) is 55.2 Å². The Morgan fingerprint density at radius 3 is 2.31 bits per heavy atom. The molecular formula is C39H29N3. The maximum absolute atomic E-state index is 5.14. The second-order valence-corrected chi connectivity index (χ2v) is 12.2. The number of para-hydroxylation sites is 1. The van der Waals surface area contributed by atoms with E-state index in [-0.39, 0.29) is 5.41 Å². The zero-order chi connectivity index (χ0) is 28.0. The maximum Gasteiger partial charge on any atom is 0.0928 e. The van der Waals surface area contributed by atoms with Crippen molar-refractivity contribution in [2.45, 2.75) is 32.1 Å². The normalized spacial score (nSPS) is 14.4. The summed E-state index contributed by atoms with van der Waals surface area (Å²) in [4.78, 5) is 9.83. The Kier molecular flexibility index (Phi) is 4.79. The van der Waals surface area contributed by atoms with Gasteiger partial charge in [0.1, 0.15) is 0 Å². The minimum Gasteiger partial charge on any atom is -0.309 e. The quantitative estimate of drug-likeness (QED) is 0.219. The molecule has 0 amide bonds. The smallest absolute Gasteiger partial charge is 0.0928 e. The van der Waals surface area contributed by atoms with Crippen molar-refractivity contribution in [3.05, 3.63) is 138 Å². The third-order valence-corrected chi connectivity index (χ3v) is 9.56. The first kappa shape index (κ1) is 23.7. The molecule has 3 heterocycles. The Morgan fingerprint density at radius 2 is 1.43 bits per heavy atom. The zero-order valence-corrected chi connectivity index (χ0v) is 23.7. The largest absolute Gasteiger partial charge is 0.309 e. The minimum atomic E-state index is -0.0448. The number of pyridine rings is 2. The number of aromatic nitrogens is 3. The molecule has 2 aliphatic carbocycles. The summed E-state index contributed by atoms with van der Waals surface area (Å²) in [5, 5.41) is 2.58. The molecule has 3 nitrogen and oxygen atoms in total. The highest BCUT2D eigenvalue weighted by Crippen LogP contribution is 2.52. The molecule has 0 N–H and O–H groups in total. The van der Waals surface area contributed by atoms with E-state index in [2.05, 4.69) is 122 Å². The van der Waals surface area contributed by atoms with Gasteiger partial charge in [0.25, 0.3) is 0 Å². The number of aryl methyl sites for hydroxylation is 2. The first-order chi connectivity index (χ1) is 20.6. The molecule has 3 heteroatoms. The first-order valence-electron chi connectivity index (χ1n) is 14.8. The van der Waals surface area contributed by atoms with Crippen LogP contribution in [-0.2, 0) is 18.3 Å². The third-order valence-electron chi connectivity index (χ3n) is 9.56. The van der Waals surface area contributed by atoms with Gasteiger partial charge in [0, 0.05) is 39.2 Å². The van der Waals surface area contributed by atoms with Crippen LogP contribution in [0.2, 0.25) is 0 Å². The van der Waals surface area contributed by atoms with Gasteiger partial charge < -0.3 is 4.57 Å². The van der Waals surface area contributed by atoms with E-state index in [0.29, 0.717) is 0 Å². The van der Waals surface area contributed by atoms with Crippen LogP contribution in [0.15, 0.2) is 115 Å². The Bertz CT molecular complexity index is 2220. The average molecular weight is 540 g/mol. The molecule has 0 unspecified atom stereocenters. The van der Waals surface area contributed by atoms with E-state index in [9.17, 15) is 0 Å². The van der Waals surface area contributed by atoms with E-state index in [1.54, 1.807) is 0 Å². The van der Waals surface area contributed by atoms with Crippen molar-refractivity contribution in [3.8, 4) is 39.5 Å². The standard InChI is InChI=1S/C39H29N3/c1-39(2)31-11-5-3-10-30(31)35-32(39)21-20-29-28-9-4-6-12-34(28)42(38(29)35)27-18-15-24(16-19-27)33-22-17-26-14-13-25-8-7-23-40-36(25)37(26)41-33/h3-12,15-23H,13-14H2,1-2H3. The van der Waals surface area contributed by atoms with Crippen molar-refractivity contribution in [2.24, 2.45) is 0 Å². The van der Waals surface area contributed by atoms with Gasteiger partial charge in [0.2, 0.25) is 0 Å². The molecule has 0 radical (unpaired) electrons. The van der Waals surface area contributed by atoms with Crippen molar-refractivity contribution < 1.29 is 0 Å². The van der Waals surface area contributed by atoms with Crippen LogP contribution in [0.5, 0.6) is 0 Å². The molecule has 2 aliphatic rings. The van der Waals surface area contributed by atoms with E-state index in [0.717, 1.165) is 41.2 Å². The van der Waals surface area contributed by atoms with Crippen LogP contribution in [0.4, 0.5) is 0 Å². The number of nitrogens with zero attached hydrogens (tertiary/aromatic N) is 3. The molecule has 0 saturated heterocycles. The Morgan fingerprint density at radius 1 is 0.643 bits per heavy atom. The lowest BCUT2D eigenvalue weighted by molar-refractivity contribution is 0.661. The highest BCUT2D eigenvalue weighted by atomic mass is 15.0. The van der Waals surface area contributed by atoms with Gasteiger partial charge in [-0.1, -0.05) is 92.7 Å². The molecule has 9 rings (SSSR count). The number of benzene rings is 4. The molecule has 0 bridgehead atoms. The molecule has 200 valence electrons. The fourth-order valence-electron chi connectivity index (χ4n) is 7.47. The van der Waals surface area contributed by atoms with Gasteiger partial charge >= 0.3 is 0 Å². The molecule has 4 aromatic carbocycles. The summed E-state index contributed by atoms with van der Waals surface area (Å²) in [5.74, 6) is 0. The topological polar surface area (TPSA) is 30.7 Å². The van der Waals surface area contributed by atoms with Gasteiger partial charge in [0.15, 0.2) is 0 Å². The van der Waals surface area contributed by atoms with Gasteiger partial charge in [-0.3, -0.25) is 4.98 Å². The van der Waals surface area contributed by atoms with Gasteiger partial charge in [0.05, 0.1) is 28.1 Å². The number of hydrogen-bond donors (Lipinski definition) is 0. The van der Waals surface area contributed by atoms with Crippen molar-refractivity contribution >= 4 is 21.8 Å². The monoisotopic (exact) mass is 539 g/mol. The number of rotatable bonds is 2. The molecule has 7 aromatic rings. The van der Waals surface area contributed by atoms with Crippen molar-refractivity contribution in [1.29, 1.82) is 0 Å². The zero-order valence-electron chi connectivity index (χ0n) is 23.7. The fourth-order valence-corrected chi connectivity index (χ4v) is 7.47. The SMILES string of the molecule is CC1(C)c2ccccc2-c2c1ccc1c3ccccc3n(-c3ccc(-c4ccc5c(n4)-c4ncccc4CC5)cc3)c21. The summed E-state index contributed by atoms with van der Waals surface area (Å²) in [6, 6.07) is 39.9. The number of hydrogen-bond acceptors (Lipinski definition) is 2. The van der Waals surface area contributed by atoms with E-state index >= 15 is 0 Å². The van der Waals surface area contributed by atoms with Crippen LogP contribution in [-0.4, -0.2) is 14.5 Å². The highest BCUT2D eigenvalue weighted by molar-refractivity contribution is 6.15. The predicted molar refractivity (Wildman–Crippen MR) is 172 cm³/mol. The lowest BCUT2D eigenvalue weighted by Gasteiger charge is -2.21. The molecule has 0 saturated carbocycles. The summed E-state index contributed by atoms with van der Waals surface area (Å²) in [5.41, 5.74) is 15.8. The van der Waals surface area contributed by atoms with Crippen molar-refractivity contribution in [3.63, 3.8) is 0 Å². The predicted octanol–water partition coefficient (Wildman–Crippen LogP) is 9.31. The maximum atomic E-state index is 5.14. The van der Waals surface area contributed by atoms with Gasteiger partial charge in [-0.2, -0.15) is 0 Å². The Labute approximate surface area is 245 Å². The summed E-state index contributed by atoms with van der Waals surface area (Å²) < 4.78 is 2.46. The van der Waals surface area contributed by atoms with Crippen LogP contribution < -0.4 is 0 Å². The van der Waals surface area contributed by atoms with Gasteiger partial charge in [-0.05, 0) is 71.0 Å². The van der Waals surface area contributed by atoms with Gasteiger partial charge in [-0.15, -0.1) is 0 Å². The summed E-state index contributed by atoms with van der Waals surface area (Å²) in [7, 11) is 0. The average Bonchev–Trinajstić information content (AvgIpc) is 3.50. The van der Waals surface area contributed by atoms with Crippen LogP contribution in [0.25, 0.3) is 61.3 Å². The second-order valence-electron chi connectivity index (χ2n) is 12.2. The van der Waals surface area contributed by atoms with Crippen molar-refractivity contribution in [1.82, 2.24) is 14.5 Å². The van der Waals surface area contributed by atoms with Crippen LogP contribution in [0, 0.1) is 0 Å². The fraction of sp³-hybridized carbons (Fsp3) is 0.128. The summed E-state index contributed by atoms with van der Waals surface area (Å²) in [6.45, 7) is 4.70. The number of fused-ring (bicyclic) bond motifs is 10.